The fourth-order valence-corrected chi connectivity index (χ4v) is 4.60. The van der Waals surface area contributed by atoms with Gasteiger partial charge in [-0.3, -0.25) is 4.79 Å². The normalized spacial score (nSPS) is 17.7. The van der Waals surface area contributed by atoms with Crippen LogP contribution in [0.1, 0.15) is 51.2 Å². The second-order valence-electron chi connectivity index (χ2n) is 8.14. The first-order chi connectivity index (χ1) is 14.2. The van der Waals surface area contributed by atoms with Crippen molar-refractivity contribution in [1.29, 1.82) is 0 Å². The maximum Gasteiger partial charge on any atom is 0.277 e. The summed E-state index contributed by atoms with van der Waals surface area (Å²) in [4.78, 5) is 14.4. The van der Waals surface area contributed by atoms with Gasteiger partial charge < -0.3 is 9.64 Å². The Kier molecular flexibility index (Phi) is 6.94. The molecule has 0 saturated carbocycles. The number of halogens is 2. The van der Waals surface area contributed by atoms with Crippen molar-refractivity contribution in [3.05, 3.63) is 57.6 Å². The molecule has 3 rings (SSSR count). The van der Waals surface area contributed by atoms with Gasteiger partial charge in [0.05, 0.1) is 11.2 Å². The summed E-state index contributed by atoms with van der Waals surface area (Å²) in [7, 11) is 0. The first kappa shape index (κ1) is 22.4. The lowest BCUT2D eigenvalue weighted by Crippen LogP contribution is -2.48. The number of carbonyl (C=O) groups is 1. The standard InChI is InChI=1S/C23H27Cl2N3O2/c1-5-28-20-8-6-16(10-18(20)15(2)12-23(28,3)4)13-26-27-22(29)14-30-21-9-7-17(24)11-19(21)25/h6-11,13,15H,5,12,14H2,1-4H3,(H,27,29)/b26-13+/t15-/m0/s1. The monoisotopic (exact) mass is 447 g/mol. The molecule has 160 valence electrons. The van der Waals surface area contributed by atoms with E-state index in [0.29, 0.717) is 21.7 Å². The average molecular weight is 448 g/mol. The molecule has 0 fully saturated rings. The zero-order chi connectivity index (χ0) is 21.9. The fourth-order valence-electron chi connectivity index (χ4n) is 4.13. The van der Waals surface area contributed by atoms with E-state index in [0.717, 1.165) is 18.5 Å². The highest BCUT2D eigenvalue weighted by Gasteiger charge is 2.35. The molecule has 2 aromatic carbocycles. The quantitative estimate of drug-likeness (QED) is 0.460. The number of hydrogen-bond donors (Lipinski definition) is 1. The molecule has 0 aliphatic carbocycles. The van der Waals surface area contributed by atoms with Crippen molar-refractivity contribution in [1.82, 2.24) is 5.43 Å². The van der Waals surface area contributed by atoms with E-state index in [1.54, 1.807) is 24.4 Å². The topological polar surface area (TPSA) is 53.9 Å². The number of benzene rings is 2. The number of carbonyl (C=O) groups excluding carboxylic acids is 1. The van der Waals surface area contributed by atoms with Crippen molar-refractivity contribution in [2.75, 3.05) is 18.1 Å². The van der Waals surface area contributed by atoms with E-state index in [2.05, 4.69) is 55.3 Å². The molecule has 0 saturated heterocycles. The van der Waals surface area contributed by atoms with E-state index in [9.17, 15) is 4.79 Å². The molecule has 7 heteroatoms. The summed E-state index contributed by atoms with van der Waals surface area (Å²) < 4.78 is 5.41. The molecule has 30 heavy (non-hydrogen) atoms. The molecule has 1 aliphatic rings. The van der Waals surface area contributed by atoms with Crippen LogP contribution in [0.4, 0.5) is 5.69 Å². The predicted octanol–water partition coefficient (Wildman–Crippen LogP) is 5.63. The molecule has 5 nitrogen and oxygen atoms in total. The molecule has 0 spiro atoms. The summed E-state index contributed by atoms with van der Waals surface area (Å²) >= 11 is 11.9. The number of hydrogen-bond acceptors (Lipinski definition) is 4. The number of anilines is 1. The number of amides is 1. The van der Waals surface area contributed by atoms with Gasteiger partial charge in [0.15, 0.2) is 6.61 Å². The summed E-state index contributed by atoms with van der Waals surface area (Å²) in [5.41, 5.74) is 6.15. The van der Waals surface area contributed by atoms with Crippen LogP contribution in [0.2, 0.25) is 10.0 Å². The minimum atomic E-state index is -0.373. The Balaban J connectivity index is 1.61. The van der Waals surface area contributed by atoms with E-state index in [1.807, 2.05) is 6.07 Å². The van der Waals surface area contributed by atoms with Crippen LogP contribution in [-0.4, -0.2) is 30.8 Å². The number of hydrazone groups is 1. The van der Waals surface area contributed by atoms with Gasteiger partial charge in [-0.1, -0.05) is 36.2 Å². The van der Waals surface area contributed by atoms with Crippen LogP contribution in [0, 0.1) is 0 Å². The van der Waals surface area contributed by atoms with Gasteiger partial charge >= 0.3 is 0 Å². The molecule has 1 atom stereocenters. The highest BCUT2D eigenvalue weighted by atomic mass is 35.5. The van der Waals surface area contributed by atoms with Crippen molar-refractivity contribution in [3.63, 3.8) is 0 Å². The van der Waals surface area contributed by atoms with E-state index < -0.39 is 0 Å². The number of ether oxygens (including phenoxy) is 1. The number of rotatable bonds is 6. The van der Waals surface area contributed by atoms with Gasteiger partial charge in [-0.05, 0) is 74.6 Å². The Bertz CT molecular complexity index is 959. The Morgan fingerprint density at radius 3 is 2.77 bits per heavy atom. The Hall–Kier alpha value is -2.24. The van der Waals surface area contributed by atoms with Crippen LogP contribution >= 0.6 is 23.2 Å². The molecule has 1 amide bonds. The summed E-state index contributed by atoms with van der Waals surface area (Å²) in [6.45, 7) is 9.80. The van der Waals surface area contributed by atoms with Crippen LogP contribution < -0.4 is 15.1 Å². The minimum Gasteiger partial charge on any atom is -0.482 e. The van der Waals surface area contributed by atoms with Gasteiger partial charge in [0.2, 0.25) is 0 Å². The zero-order valence-corrected chi connectivity index (χ0v) is 19.2. The van der Waals surface area contributed by atoms with Gasteiger partial charge in [-0.25, -0.2) is 5.43 Å². The van der Waals surface area contributed by atoms with Gasteiger partial charge in [-0.2, -0.15) is 5.10 Å². The molecular weight excluding hydrogens is 421 g/mol. The first-order valence-corrected chi connectivity index (χ1v) is 10.8. The highest BCUT2D eigenvalue weighted by molar-refractivity contribution is 6.35. The molecule has 0 bridgehead atoms. The molecule has 1 heterocycles. The predicted molar refractivity (Wildman–Crippen MR) is 124 cm³/mol. The van der Waals surface area contributed by atoms with Crippen molar-refractivity contribution in [3.8, 4) is 5.75 Å². The SMILES string of the molecule is CCN1c2ccc(/C=N/NC(=O)COc3ccc(Cl)cc3Cl)cc2[C@@H](C)CC1(C)C. The molecule has 0 unspecified atom stereocenters. The maximum absolute atomic E-state index is 12.0. The highest BCUT2D eigenvalue weighted by Crippen LogP contribution is 2.43. The maximum atomic E-state index is 12.0. The van der Waals surface area contributed by atoms with Crippen LogP contribution in [0.5, 0.6) is 5.75 Å². The van der Waals surface area contributed by atoms with E-state index >= 15 is 0 Å². The van der Waals surface area contributed by atoms with Gasteiger partial charge in [-0.15, -0.1) is 0 Å². The number of fused-ring (bicyclic) bond motifs is 1. The lowest BCUT2D eigenvalue weighted by molar-refractivity contribution is -0.123. The number of nitrogens with zero attached hydrogens (tertiary/aromatic N) is 2. The second-order valence-corrected chi connectivity index (χ2v) is 8.98. The summed E-state index contributed by atoms with van der Waals surface area (Å²) in [5, 5.41) is 4.92. The third-order valence-corrected chi connectivity index (χ3v) is 5.91. The lowest BCUT2D eigenvalue weighted by atomic mass is 9.79. The van der Waals surface area contributed by atoms with Crippen molar-refractivity contribution < 1.29 is 9.53 Å². The van der Waals surface area contributed by atoms with Gasteiger partial charge in [0, 0.05) is 22.8 Å². The summed E-state index contributed by atoms with van der Waals surface area (Å²) in [6, 6.07) is 11.2. The van der Waals surface area contributed by atoms with Gasteiger partial charge in [0.1, 0.15) is 5.75 Å². The van der Waals surface area contributed by atoms with Crippen molar-refractivity contribution in [2.45, 2.75) is 45.6 Å². The third-order valence-electron chi connectivity index (χ3n) is 5.38. The van der Waals surface area contributed by atoms with Crippen LogP contribution in [-0.2, 0) is 4.79 Å². The average Bonchev–Trinajstić information content (AvgIpc) is 2.67. The van der Waals surface area contributed by atoms with E-state index in [4.69, 9.17) is 27.9 Å². The largest absolute Gasteiger partial charge is 0.482 e. The molecule has 2 aromatic rings. The number of nitrogens with one attached hydrogen (secondary N) is 1. The molecule has 1 N–H and O–H groups in total. The van der Waals surface area contributed by atoms with Crippen molar-refractivity contribution >= 4 is 41.0 Å². The fraction of sp³-hybridized carbons (Fsp3) is 0.391. The molecule has 0 radical (unpaired) electrons. The molecule has 0 aromatic heterocycles. The van der Waals surface area contributed by atoms with Crippen LogP contribution in [0.3, 0.4) is 0 Å². The van der Waals surface area contributed by atoms with E-state index in [-0.39, 0.29) is 18.1 Å². The van der Waals surface area contributed by atoms with Crippen LogP contribution in [0.15, 0.2) is 41.5 Å². The smallest absolute Gasteiger partial charge is 0.277 e. The minimum absolute atomic E-state index is 0.137. The summed E-state index contributed by atoms with van der Waals surface area (Å²) in [6.07, 6.45) is 2.74. The lowest BCUT2D eigenvalue weighted by Gasteiger charge is -2.47. The third kappa shape index (κ3) is 5.08. The van der Waals surface area contributed by atoms with Gasteiger partial charge in [0.25, 0.3) is 5.91 Å². The Morgan fingerprint density at radius 1 is 1.30 bits per heavy atom. The van der Waals surface area contributed by atoms with E-state index in [1.165, 1.54) is 11.3 Å². The Labute approximate surface area is 188 Å². The molecular formula is C23H27Cl2N3O2. The first-order valence-electron chi connectivity index (χ1n) is 10.0. The zero-order valence-electron chi connectivity index (χ0n) is 17.7. The molecule has 1 aliphatic heterocycles. The van der Waals surface area contributed by atoms with Crippen LogP contribution in [0.25, 0.3) is 0 Å². The van der Waals surface area contributed by atoms with Crippen molar-refractivity contribution in [2.24, 2.45) is 5.10 Å². The Morgan fingerprint density at radius 2 is 2.07 bits per heavy atom. The second kappa shape index (κ2) is 9.27. The summed E-state index contributed by atoms with van der Waals surface area (Å²) in [5.74, 6) is 0.480.